The molecule has 1 aromatic heterocycles. The summed E-state index contributed by atoms with van der Waals surface area (Å²) in [5.41, 5.74) is 0. The number of hydrogen-bond acceptors (Lipinski definition) is 4. The predicted octanol–water partition coefficient (Wildman–Crippen LogP) is 1.99. The number of nitrogens with zero attached hydrogens (tertiary/aromatic N) is 2. The monoisotopic (exact) mass is 235 g/mol. The van der Waals surface area contributed by atoms with Crippen LogP contribution in [0.2, 0.25) is 0 Å². The summed E-state index contributed by atoms with van der Waals surface area (Å²) in [6.07, 6.45) is 2.33. The first-order chi connectivity index (χ1) is 8.29. The van der Waals surface area contributed by atoms with Crippen LogP contribution in [-0.4, -0.2) is 38.8 Å². The molecule has 0 aromatic carbocycles. The van der Waals surface area contributed by atoms with E-state index in [1.54, 1.807) is 0 Å². The molecule has 4 nitrogen and oxygen atoms in total. The Balaban J connectivity index is 1.95. The molecule has 0 bridgehead atoms. The third-order valence-electron chi connectivity index (χ3n) is 3.25. The van der Waals surface area contributed by atoms with Crippen LogP contribution in [0.3, 0.4) is 0 Å². The van der Waals surface area contributed by atoms with Crippen LogP contribution < -0.4 is 10.2 Å². The van der Waals surface area contributed by atoms with Crippen molar-refractivity contribution in [3.05, 3.63) is 18.2 Å². The molecule has 2 rings (SSSR count). The first kappa shape index (κ1) is 12.2. The number of pyridine rings is 1. The Hall–Kier alpha value is -1.29. The molecule has 0 radical (unpaired) electrons. The van der Waals surface area contributed by atoms with Crippen LogP contribution in [0, 0.1) is 5.92 Å². The number of nitrogens with one attached hydrogen (secondary N) is 1. The van der Waals surface area contributed by atoms with Crippen LogP contribution in [0.15, 0.2) is 18.2 Å². The largest absolute Gasteiger partial charge is 0.381 e. The average Bonchev–Trinajstić information content (AvgIpc) is 2.40. The van der Waals surface area contributed by atoms with Crippen molar-refractivity contribution in [1.29, 1.82) is 0 Å². The van der Waals surface area contributed by atoms with Gasteiger partial charge in [-0.05, 0) is 30.9 Å². The molecule has 17 heavy (non-hydrogen) atoms. The lowest BCUT2D eigenvalue weighted by Gasteiger charge is -2.27. The van der Waals surface area contributed by atoms with E-state index in [0.29, 0.717) is 0 Å². The Bertz CT molecular complexity index is 350. The zero-order valence-corrected chi connectivity index (χ0v) is 10.6. The summed E-state index contributed by atoms with van der Waals surface area (Å²) in [5.74, 6) is 2.68. The van der Waals surface area contributed by atoms with Crippen molar-refractivity contribution < 1.29 is 4.74 Å². The van der Waals surface area contributed by atoms with Crippen LogP contribution in [0.4, 0.5) is 11.6 Å². The van der Waals surface area contributed by atoms with Gasteiger partial charge in [-0.3, -0.25) is 0 Å². The van der Waals surface area contributed by atoms with Gasteiger partial charge in [0, 0.05) is 33.9 Å². The van der Waals surface area contributed by atoms with Gasteiger partial charge in [0.2, 0.25) is 0 Å². The number of rotatable bonds is 4. The second kappa shape index (κ2) is 5.87. The fourth-order valence-corrected chi connectivity index (χ4v) is 2.18. The first-order valence-corrected chi connectivity index (χ1v) is 6.23. The molecular formula is C13H21N3O. The number of ether oxygens (including phenoxy) is 1. The fourth-order valence-electron chi connectivity index (χ4n) is 2.18. The Morgan fingerprint density at radius 3 is 2.88 bits per heavy atom. The van der Waals surface area contributed by atoms with Gasteiger partial charge in [0.05, 0.1) is 0 Å². The van der Waals surface area contributed by atoms with Crippen molar-refractivity contribution in [3.8, 4) is 0 Å². The van der Waals surface area contributed by atoms with Gasteiger partial charge >= 0.3 is 0 Å². The second-order valence-corrected chi connectivity index (χ2v) is 4.57. The third-order valence-corrected chi connectivity index (χ3v) is 3.25. The molecule has 94 valence electrons. The Labute approximate surface area is 103 Å². The first-order valence-electron chi connectivity index (χ1n) is 6.23. The lowest BCUT2D eigenvalue weighted by Crippen LogP contribution is -2.30. The van der Waals surface area contributed by atoms with Gasteiger partial charge in [-0.15, -0.1) is 0 Å². The van der Waals surface area contributed by atoms with Crippen molar-refractivity contribution in [1.82, 2.24) is 4.98 Å². The summed E-state index contributed by atoms with van der Waals surface area (Å²) >= 11 is 0. The van der Waals surface area contributed by atoms with E-state index >= 15 is 0 Å². The van der Waals surface area contributed by atoms with E-state index in [1.807, 2.05) is 19.2 Å². The minimum absolute atomic E-state index is 0.730. The van der Waals surface area contributed by atoms with Crippen LogP contribution in [-0.2, 0) is 4.74 Å². The van der Waals surface area contributed by atoms with E-state index in [-0.39, 0.29) is 0 Å². The fraction of sp³-hybridized carbons (Fsp3) is 0.615. The van der Waals surface area contributed by atoms with E-state index in [0.717, 1.165) is 50.2 Å². The van der Waals surface area contributed by atoms with Crippen molar-refractivity contribution >= 4 is 11.6 Å². The minimum Gasteiger partial charge on any atom is -0.381 e. The van der Waals surface area contributed by atoms with E-state index in [4.69, 9.17) is 4.74 Å². The standard InChI is InChI=1S/C13H21N3O/c1-14-12-4-3-5-13(15-12)16(2)10-11-6-8-17-9-7-11/h3-5,11H,6-10H2,1-2H3,(H,14,15). The molecule has 0 unspecified atom stereocenters. The maximum Gasteiger partial charge on any atom is 0.130 e. The molecule has 1 N–H and O–H groups in total. The molecule has 1 fully saturated rings. The van der Waals surface area contributed by atoms with Gasteiger partial charge in [-0.1, -0.05) is 6.07 Å². The van der Waals surface area contributed by atoms with E-state index in [2.05, 4.69) is 28.3 Å². The molecule has 4 heteroatoms. The highest BCUT2D eigenvalue weighted by atomic mass is 16.5. The highest BCUT2D eigenvalue weighted by Crippen LogP contribution is 2.19. The van der Waals surface area contributed by atoms with Crippen molar-refractivity contribution in [2.75, 3.05) is 44.1 Å². The van der Waals surface area contributed by atoms with Crippen molar-refractivity contribution in [2.24, 2.45) is 5.92 Å². The van der Waals surface area contributed by atoms with Crippen LogP contribution in [0.5, 0.6) is 0 Å². The Morgan fingerprint density at radius 1 is 1.41 bits per heavy atom. The highest BCUT2D eigenvalue weighted by Gasteiger charge is 2.16. The molecule has 1 aromatic rings. The third kappa shape index (κ3) is 3.33. The number of anilines is 2. The molecule has 0 spiro atoms. The van der Waals surface area contributed by atoms with Crippen LogP contribution in [0.25, 0.3) is 0 Å². The van der Waals surface area contributed by atoms with Crippen molar-refractivity contribution in [2.45, 2.75) is 12.8 Å². The average molecular weight is 235 g/mol. The quantitative estimate of drug-likeness (QED) is 0.866. The molecule has 0 atom stereocenters. The number of hydrogen-bond donors (Lipinski definition) is 1. The highest BCUT2D eigenvalue weighted by molar-refractivity contribution is 5.46. The normalized spacial score (nSPS) is 16.8. The molecule has 2 heterocycles. The lowest BCUT2D eigenvalue weighted by atomic mass is 10.00. The topological polar surface area (TPSA) is 37.4 Å². The van der Waals surface area contributed by atoms with Gasteiger partial charge < -0.3 is 15.0 Å². The second-order valence-electron chi connectivity index (χ2n) is 4.57. The molecule has 0 aliphatic carbocycles. The van der Waals surface area contributed by atoms with Gasteiger partial charge in [-0.2, -0.15) is 0 Å². The molecular weight excluding hydrogens is 214 g/mol. The van der Waals surface area contributed by atoms with Crippen LogP contribution >= 0.6 is 0 Å². The van der Waals surface area contributed by atoms with Gasteiger partial charge in [0.1, 0.15) is 11.6 Å². The SMILES string of the molecule is CNc1cccc(N(C)CC2CCOCC2)n1. The van der Waals surface area contributed by atoms with Crippen LogP contribution in [0.1, 0.15) is 12.8 Å². The predicted molar refractivity (Wildman–Crippen MR) is 70.6 cm³/mol. The summed E-state index contributed by atoms with van der Waals surface area (Å²) in [6.45, 7) is 2.87. The summed E-state index contributed by atoms with van der Waals surface area (Å²) in [5, 5.41) is 3.07. The van der Waals surface area contributed by atoms with Gasteiger partial charge in [0.25, 0.3) is 0 Å². The Morgan fingerprint density at radius 2 is 2.18 bits per heavy atom. The smallest absolute Gasteiger partial charge is 0.130 e. The van der Waals surface area contributed by atoms with E-state index in [9.17, 15) is 0 Å². The van der Waals surface area contributed by atoms with E-state index < -0.39 is 0 Å². The number of aromatic nitrogens is 1. The lowest BCUT2D eigenvalue weighted by molar-refractivity contribution is 0.0685. The molecule has 1 saturated heterocycles. The molecule has 0 amide bonds. The van der Waals surface area contributed by atoms with Crippen molar-refractivity contribution in [3.63, 3.8) is 0 Å². The van der Waals surface area contributed by atoms with E-state index in [1.165, 1.54) is 0 Å². The minimum atomic E-state index is 0.730. The molecule has 1 aliphatic rings. The summed E-state index contributed by atoms with van der Waals surface area (Å²) in [7, 11) is 4.00. The maximum absolute atomic E-state index is 5.38. The zero-order chi connectivity index (χ0) is 12.1. The summed E-state index contributed by atoms with van der Waals surface area (Å²) in [4.78, 5) is 6.77. The molecule has 0 saturated carbocycles. The van der Waals surface area contributed by atoms with Gasteiger partial charge in [-0.25, -0.2) is 4.98 Å². The maximum atomic E-state index is 5.38. The Kier molecular flexibility index (Phi) is 4.20. The summed E-state index contributed by atoms with van der Waals surface area (Å²) in [6, 6.07) is 6.07. The zero-order valence-electron chi connectivity index (χ0n) is 10.6. The molecule has 1 aliphatic heterocycles. The van der Waals surface area contributed by atoms with Gasteiger partial charge in [0.15, 0.2) is 0 Å². The summed E-state index contributed by atoms with van der Waals surface area (Å²) < 4.78 is 5.38.